The van der Waals surface area contributed by atoms with E-state index in [1.165, 1.54) is 51.1 Å². The molecule has 6 heteroatoms. The van der Waals surface area contributed by atoms with Crippen LogP contribution in [0, 0.1) is 17.8 Å². The van der Waals surface area contributed by atoms with Crippen molar-refractivity contribution in [3.63, 3.8) is 0 Å². The van der Waals surface area contributed by atoms with Gasteiger partial charge in [-0.2, -0.15) is 0 Å². The molecule has 4 saturated carbocycles. The third-order valence-electron chi connectivity index (χ3n) is 7.06. The molecule has 6 rings (SSSR count). The van der Waals surface area contributed by atoms with Gasteiger partial charge in [-0.15, -0.1) is 11.3 Å². The molecule has 2 amide bonds. The summed E-state index contributed by atoms with van der Waals surface area (Å²) >= 11 is 1.55. The highest BCUT2D eigenvalue weighted by Gasteiger charge is 2.52. The SMILES string of the molecule is CC(=O)NCc1ccc(C(=O)Nc2nc(C34CC5CC(CC(C5)C3)C4)cs2)cc1. The molecule has 4 fully saturated rings. The molecule has 4 aliphatic carbocycles. The topological polar surface area (TPSA) is 71.1 Å². The number of hydrogen-bond donors (Lipinski definition) is 2. The van der Waals surface area contributed by atoms with Crippen molar-refractivity contribution in [2.45, 2.75) is 57.4 Å². The Balaban J connectivity index is 1.26. The molecular weight excluding hydrogens is 382 g/mol. The lowest BCUT2D eigenvalue weighted by Crippen LogP contribution is -2.48. The first-order chi connectivity index (χ1) is 14.0. The van der Waals surface area contributed by atoms with Crippen molar-refractivity contribution in [1.82, 2.24) is 10.3 Å². The van der Waals surface area contributed by atoms with E-state index >= 15 is 0 Å². The van der Waals surface area contributed by atoms with E-state index in [2.05, 4.69) is 16.0 Å². The third kappa shape index (κ3) is 3.70. The highest BCUT2D eigenvalue weighted by molar-refractivity contribution is 7.14. The quantitative estimate of drug-likeness (QED) is 0.764. The van der Waals surface area contributed by atoms with Gasteiger partial charge >= 0.3 is 0 Å². The number of carbonyl (C=O) groups excluding carboxylic acids is 2. The zero-order valence-corrected chi connectivity index (χ0v) is 17.6. The van der Waals surface area contributed by atoms with Crippen molar-refractivity contribution in [1.29, 1.82) is 0 Å². The fraction of sp³-hybridized carbons (Fsp3) is 0.522. The number of thiazole rings is 1. The Morgan fingerprint density at radius 3 is 2.28 bits per heavy atom. The van der Waals surface area contributed by atoms with Crippen LogP contribution in [0.1, 0.15) is 67.1 Å². The summed E-state index contributed by atoms with van der Waals surface area (Å²) < 4.78 is 0. The number of anilines is 1. The van der Waals surface area contributed by atoms with Crippen LogP contribution in [0.2, 0.25) is 0 Å². The standard InChI is InChI=1S/C23H27N3O2S/c1-14(27)24-12-15-2-4-19(5-3-15)21(28)26-22-25-20(13-29-22)23-9-16-6-17(10-23)8-18(7-16)11-23/h2-5,13,16-18H,6-12H2,1H3,(H,24,27)(H,25,26,28). The molecule has 152 valence electrons. The molecule has 2 aromatic rings. The first-order valence-corrected chi connectivity index (χ1v) is 11.5. The summed E-state index contributed by atoms with van der Waals surface area (Å²) in [6.07, 6.45) is 8.12. The van der Waals surface area contributed by atoms with E-state index < -0.39 is 0 Å². The van der Waals surface area contributed by atoms with Gasteiger partial charge in [-0.3, -0.25) is 14.9 Å². The molecule has 1 aromatic heterocycles. The second-order valence-electron chi connectivity index (χ2n) is 9.30. The maximum absolute atomic E-state index is 12.6. The first kappa shape index (κ1) is 18.8. The zero-order chi connectivity index (χ0) is 20.0. The minimum Gasteiger partial charge on any atom is -0.352 e. The summed E-state index contributed by atoms with van der Waals surface area (Å²) in [7, 11) is 0. The number of amides is 2. The maximum atomic E-state index is 12.6. The van der Waals surface area contributed by atoms with Crippen LogP contribution in [0.5, 0.6) is 0 Å². The number of nitrogens with one attached hydrogen (secondary N) is 2. The second-order valence-corrected chi connectivity index (χ2v) is 10.2. The van der Waals surface area contributed by atoms with Crippen LogP contribution in [0.4, 0.5) is 5.13 Å². The smallest absolute Gasteiger partial charge is 0.257 e. The second kappa shape index (κ2) is 7.24. The molecule has 0 aliphatic heterocycles. The minimum absolute atomic E-state index is 0.0644. The number of nitrogens with zero attached hydrogens (tertiary/aromatic N) is 1. The molecule has 1 heterocycles. The average molecular weight is 410 g/mol. The molecule has 29 heavy (non-hydrogen) atoms. The van der Waals surface area contributed by atoms with Crippen molar-refractivity contribution >= 4 is 28.3 Å². The van der Waals surface area contributed by atoms with E-state index in [4.69, 9.17) is 4.98 Å². The van der Waals surface area contributed by atoms with Crippen LogP contribution in [0.25, 0.3) is 0 Å². The molecule has 5 nitrogen and oxygen atoms in total. The molecule has 1 aromatic carbocycles. The van der Waals surface area contributed by atoms with E-state index in [1.54, 1.807) is 23.5 Å². The molecule has 0 atom stereocenters. The van der Waals surface area contributed by atoms with Gasteiger partial charge in [-0.1, -0.05) is 12.1 Å². The molecular formula is C23H27N3O2S. The van der Waals surface area contributed by atoms with E-state index in [0.29, 0.717) is 17.2 Å². The van der Waals surface area contributed by atoms with Gasteiger partial charge < -0.3 is 5.32 Å². The van der Waals surface area contributed by atoms with Crippen LogP contribution in [0.3, 0.4) is 0 Å². The average Bonchev–Trinajstić information content (AvgIpc) is 3.15. The van der Waals surface area contributed by atoms with Crippen molar-refractivity contribution in [3.05, 3.63) is 46.5 Å². The summed E-state index contributed by atoms with van der Waals surface area (Å²) in [6.45, 7) is 1.96. The van der Waals surface area contributed by atoms with Crippen LogP contribution in [-0.4, -0.2) is 16.8 Å². The Labute approximate surface area is 175 Å². The molecule has 4 bridgehead atoms. The number of benzene rings is 1. The predicted molar refractivity (Wildman–Crippen MR) is 114 cm³/mol. The van der Waals surface area contributed by atoms with Crippen molar-refractivity contribution in [2.24, 2.45) is 17.8 Å². The van der Waals surface area contributed by atoms with E-state index in [-0.39, 0.29) is 17.2 Å². The van der Waals surface area contributed by atoms with Crippen LogP contribution >= 0.6 is 11.3 Å². The van der Waals surface area contributed by atoms with Gasteiger partial charge in [0.05, 0.1) is 5.69 Å². The van der Waals surface area contributed by atoms with Crippen molar-refractivity contribution in [2.75, 3.05) is 5.32 Å². The normalized spacial score (nSPS) is 29.6. The van der Waals surface area contributed by atoms with Gasteiger partial charge in [-0.05, 0) is 74.0 Å². The van der Waals surface area contributed by atoms with E-state index in [9.17, 15) is 9.59 Å². The minimum atomic E-state index is -0.137. The summed E-state index contributed by atoms with van der Waals surface area (Å²) in [6, 6.07) is 7.32. The van der Waals surface area contributed by atoms with E-state index in [1.807, 2.05) is 12.1 Å². The molecule has 4 aliphatic rings. The fourth-order valence-corrected chi connectivity index (χ4v) is 7.00. The maximum Gasteiger partial charge on any atom is 0.257 e. The molecule has 0 spiro atoms. The predicted octanol–water partition coefficient (Wildman–Crippen LogP) is 4.50. The Kier molecular flexibility index (Phi) is 4.69. The number of hydrogen-bond acceptors (Lipinski definition) is 4. The summed E-state index contributed by atoms with van der Waals surface area (Å²) in [5.41, 5.74) is 3.04. The lowest BCUT2D eigenvalue weighted by molar-refractivity contribution is -0.119. The summed E-state index contributed by atoms with van der Waals surface area (Å²) in [4.78, 5) is 28.5. The Hall–Kier alpha value is -2.21. The first-order valence-electron chi connectivity index (χ1n) is 10.6. The van der Waals surface area contributed by atoms with Crippen LogP contribution in [-0.2, 0) is 16.8 Å². The lowest BCUT2D eigenvalue weighted by Gasteiger charge is -2.56. The number of rotatable bonds is 5. The molecule has 2 N–H and O–H groups in total. The number of carbonyl (C=O) groups is 2. The van der Waals surface area contributed by atoms with Crippen molar-refractivity contribution < 1.29 is 9.59 Å². The monoisotopic (exact) mass is 409 g/mol. The van der Waals surface area contributed by atoms with Gasteiger partial charge in [0.1, 0.15) is 0 Å². The lowest BCUT2D eigenvalue weighted by atomic mass is 9.49. The van der Waals surface area contributed by atoms with Gasteiger partial charge in [0, 0.05) is 29.8 Å². The third-order valence-corrected chi connectivity index (χ3v) is 7.82. The number of aromatic nitrogens is 1. The van der Waals surface area contributed by atoms with Crippen LogP contribution in [0.15, 0.2) is 29.6 Å². The van der Waals surface area contributed by atoms with Gasteiger partial charge in [0.15, 0.2) is 5.13 Å². The highest BCUT2D eigenvalue weighted by atomic mass is 32.1. The van der Waals surface area contributed by atoms with Gasteiger partial charge in [0.2, 0.25) is 5.91 Å². The molecule has 0 radical (unpaired) electrons. The summed E-state index contributed by atoms with van der Waals surface area (Å²) in [5, 5.41) is 8.62. The van der Waals surface area contributed by atoms with Crippen molar-refractivity contribution in [3.8, 4) is 0 Å². The Morgan fingerprint density at radius 1 is 1.07 bits per heavy atom. The molecule has 0 unspecified atom stereocenters. The Morgan fingerprint density at radius 2 is 1.69 bits per heavy atom. The molecule has 0 saturated heterocycles. The largest absolute Gasteiger partial charge is 0.352 e. The summed E-state index contributed by atoms with van der Waals surface area (Å²) in [5.74, 6) is 2.46. The fourth-order valence-electron chi connectivity index (χ4n) is 6.17. The Bertz CT molecular complexity index is 899. The van der Waals surface area contributed by atoms with Crippen LogP contribution < -0.4 is 10.6 Å². The highest BCUT2D eigenvalue weighted by Crippen LogP contribution is 2.60. The van der Waals surface area contributed by atoms with Gasteiger partial charge in [0.25, 0.3) is 5.91 Å². The van der Waals surface area contributed by atoms with Gasteiger partial charge in [-0.25, -0.2) is 4.98 Å². The zero-order valence-electron chi connectivity index (χ0n) is 16.7. The van der Waals surface area contributed by atoms with E-state index in [0.717, 1.165) is 23.3 Å².